The highest BCUT2D eigenvalue weighted by molar-refractivity contribution is 6.36. The number of nitro groups is 1. The molecule has 0 unspecified atom stereocenters. The number of nitrogens with zero attached hydrogens (tertiary/aromatic N) is 3. The Labute approximate surface area is 210 Å². The molecule has 3 aromatic carbocycles. The van der Waals surface area contributed by atoms with E-state index in [2.05, 4.69) is 0 Å². The standard InChI is InChI=1S/C27H18ClN3O5/c28-19-11-10-17(31(35)36)14-20(19)30-26(33)21-22(27(30)34)24(25(32)16-7-2-1-3-8-16)29-13-12-15-6-4-5-9-18(15)23(21)29/h1-14,21-24H/t21-,22-,23+,24+/m0/s1. The second kappa shape index (κ2) is 8.13. The molecule has 6 rings (SSSR count). The molecule has 178 valence electrons. The molecule has 3 aromatic rings. The lowest BCUT2D eigenvalue weighted by molar-refractivity contribution is -0.384. The molecule has 2 fully saturated rings. The van der Waals surface area contributed by atoms with E-state index in [0.717, 1.165) is 22.1 Å². The normalized spacial score (nSPS) is 23.9. The number of benzene rings is 3. The summed E-state index contributed by atoms with van der Waals surface area (Å²) in [5.74, 6) is -3.25. The van der Waals surface area contributed by atoms with E-state index >= 15 is 0 Å². The van der Waals surface area contributed by atoms with Crippen LogP contribution in [0.25, 0.3) is 6.08 Å². The average Bonchev–Trinajstić information content (AvgIpc) is 3.37. The first kappa shape index (κ1) is 22.2. The largest absolute Gasteiger partial charge is 0.358 e. The third kappa shape index (κ3) is 3.11. The molecule has 4 atom stereocenters. The number of hydrogen-bond acceptors (Lipinski definition) is 6. The third-order valence-electron chi connectivity index (χ3n) is 7.17. The molecule has 0 aliphatic carbocycles. The van der Waals surface area contributed by atoms with E-state index in [-0.39, 0.29) is 22.2 Å². The van der Waals surface area contributed by atoms with Gasteiger partial charge >= 0.3 is 0 Å². The van der Waals surface area contributed by atoms with Gasteiger partial charge in [-0.15, -0.1) is 0 Å². The number of rotatable bonds is 4. The van der Waals surface area contributed by atoms with E-state index in [9.17, 15) is 24.5 Å². The van der Waals surface area contributed by atoms with Gasteiger partial charge < -0.3 is 4.90 Å². The number of nitro benzene ring substituents is 1. The van der Waals surface area contributed by atoms with Crippen molar-refractivity contribution in [2.24, 2.45) is 11.8 Å². The van der Waals surface area contributed by atoms with Crippen LogP contribution in [0.3, 0.4) is 0 Å². The van der Waals surface area contributed by atoms with Gasteiger partial charge in [0.15, 0.2) is 5.78 Å². The SMILES string of the molecule is O=C(c1ccccc1)[C@H]1[C@H]2C(=O)N(c3cc([N+](=O)[O-])ccc3Cl)C(=O)[C@@H]2[C@H]2c3ccccc3C=CN21. The summed E-state index contributed by atoms with van der Waals surface area (Å²) in [5.41, 5.74) is 1.83. The van der Waals surface area contributed by atoms with Gasteiger partial charge in [-0.05, 0) is 23.3 Å². The fourth-order valence-corrected chi connectivity index (χ4v) is 5.86. The molecule has 3 heterocycles. The molecule has 0 radical (unpaired) electrons. The molecular formula is C27H18ClN3O5. The Hall–Kier alpha value is -4.30. The molecule has 9 heteroatoms. The Morgan fingerprint density at radius 1 is 0.917 bits per heavy atom. The molecule has 0 aromatic heterocycles. The van der Waals surface area contributed by atoms with Crippen LogP contribution < -0.4 is 4.90 Å². The van der Waals surface area contributed by atoms with E-state index in [4.69, 9.17) is 11.6 Å². The summed E-state index contributed by atoms with van der Waals surface area (Å²) >= 11 is 6.32. The fraction of sp³-hybridized carbons (Fsp3) is 0.148. The van der Waals surface area contributed by atoms with E-state index in [1.165, 1.54) is 12.1 Å². The number of amides is 2. The number of non-ortho nitro benzene ring substituents is 1. The van der Waals surface area contributed by atoms with Crippen molar-refractivity contribution >= 4 is 46.6 Å². The van der Waals surface area contributed by atoms with E-state index in [1.807, 2.05) is 35.2 Å². The number of Topliss-reactive ketones (excluding diaryl/α,β-unsaturated/α-hetero) is 1. The van der Waals surface area contributed by atoms with Crippen LogP contribution in [-0.2, 0) is 9.59 Å². The fourth-order valence-electron chi connectivity index (χ4n) is 5.65. The van der Waals surface area contributed by atoms with Crippen molar-refractivity contribution in [1.82, 2.24) is 4.90 Å². The van der Waals surface area contributed by atoms with Crippen LogP contribution in [0.1, 0.15) is 27.5 Å². The summed E-state index contributed by atoms with van der Waals surface area (Å²) in [6.07, 6.45) is 3.66. The van der Waals surface area contributed by atoms with Crippen LogP contribution >= 0.6 is 11.6 Å². The lowest BCUT2D eigenvalue weighted by Crippen LogP contribution is -2.44. The van der Waals surface area contributed by atoms with Gasteiger partial charge in [-0.25, -0.2) is 4.90 Å². The average molecular weight is 500 g/mol. The van der Waals surface area contributed by atoms with E-state index in [0.29, 0.717) is 5.56 Å². The lowest BCUT2D eigenvalue weighted by atomic mass is 9.83. The molecule has 8 nitrogen and oxygen atoms in total. The molecule has 0 N–H and O–H groups in total. The number of fused-ring (bicyclic) bond motifs is 5. The van der Waals surface area contributed by atoms with Crippen LogP contribution in [0.2, 0.25) is 5.02 Å². The van der Waals surface area contributed by atoms with Gasteiger partial charge in [0.2, 0.25) is 11.8 Å². The Balaban J connectivity index is 1.51. The maximum Gasteiger partial charge on any atom is 0.271 e. The minimum atomic E-state index is -0.985. The summed E-state index contributed by atoms with van der Waals surface area (Å²) in [4.78, 5) is 55.1. The predicted molar refractivity (Wildman–Crippen MR) is 132 cm³/mol. The molecule has 3 aliphatic heterocycles. The van der Waals surface area contributed by atoms with Crippen LogP contribution in [0, 0.1) is 22.0 Å². The summed E-state index contributed by atoms with van der Waals surface area (Å²) in [6.45, 7) is 0. The lowest BCUT2D eigenvalue weighted by Gasteiger charge is -2.35. The number of hydrogen-bond donors (Lipinski definition) is 0. The number of ketones is 1. The summed E-state index contributed by atoms with van der Waals surface area (Å²) in [5, 5.41) is 11.4. The van der Waals surface area contributed by atoms with Crippen LogP contribution in [-0.4, -0.2) is 33.5 Å². The van der Waals surface area contributed by atoms with Gasteiger partial charge in [-0.3, -0.25) is 24.5 Å². The van der Waals surface area contributed by atoms with Gasteiger partial charge in [0, 0.05) is 23.9 Å². The van der Waals surface area contributed by atoms with Gasteiger partial charge in [0.1, 0.15) is 6.04 Å². The Kier molecular flexibility index (Phi) is 5.01. The molecule has 0 bridgehead atoms. The van der Waals surface area contributed by atoms with Crippen molar-refractivity contribution in [3.05, 3.63) is 111 Å². The molecular weight excluding hydrogens is 482 g/mol. The highest BCUT2D eigenvalue weighted by Crippen LogP contribution is 2.54. The monoisotopic (exact) mass is 499 g/mol. The molecule has 2 amide bonds. The minimum absolute atomic E-state index is 0.0361. The van der Waals surface area contributed by atoms with E-state index in [1.54, 1.807) is 36.5 Å². The molecule has 0 saturated carbocycles. The maximum absolute atomic E-state index is 13.9. The zero-order chi connectivity index (χ0) is 25.1. The van der Waals surface area contributed by atoms with Crippen molar-refractivity contribution in [3.63, 3.8) is 0 Å². The summed E-state index contributed by atoms with van der Waals surface area (Å²) in [6, 6.07) is 18.4. The van der Waals surface area contributed by atoms with Gasteiger partial charge in [0.05, 0.1) is 33.5 Å². The highest BCUT2D eigenvalue weighted by atomic mass is 35.5. The molecule has 3 aliphatic rings. The van der Waals surface area contributed by atoms with Gasteiger partial charge in [-0.2, -0.15) is 0 Å². The second-order valence-corrected chi connectivity index (χ2v) is 9.38. The molecule has 2 saturated heterocycles. The van der Waals surface area contributed by atoms with Crippen molar-refractivity contribution < 1.29 is 19.3 Å². The quantitative estimate of drug-likeness (QED) is 0.224. The summed E-state index contributed by atoms with van der Waals surface area (Å²) < 4.78 is 0. The first-order valence-corrected chi connectivity index (χ1v) is 11.7. The number of carbonyl (C=O) groups is 3. The number of carbonyl (C=O) groups excluding carboxylic acids is 3. The van der Waals surface area contributed by atoms with Crippen LogP contribution in [0.5, 0.6) is 0 Å². The van der Waals surface area contributed by atoms with Crippen molar-refractivity contribution in [1.29, 1.82) is 0 Å². The van der Waals surface area contributed by atoms with Crippen molar-refractivity contribution in [3.8, 4) is 0 Å². The van der Waals surface area contributed by atoms with Gasteiger partial charge in [-0.1, -0.05) is 66.2 Å². The molecule has 0 spiro atoms. The third-order valence-corrected chi connectivity index (χ3v) is 7.49. The second-order valence-electron chi connectivity index (χ2n) is 8.97. The topological polar surface area (TPSA) is 101 Å². The smallest absolute Gasteiger partial charge is 0.271 e. The highest BCUT2D eigenvalue weighted by Gasteiger charge is 2.64. The zero-order valence-corrected chi connectivity index (χ0v) is 19.4. The van der Waals surface area contributed by atoms with Crippen molar-refractivity contribution in [2.45, 2.75) is 12.1 Å². The van der Waals surface area contributed by atoms with Crippen LogP contribution in [0.15, 0.2) is 79.0 Å². The maximum atomic E-state index is 13.9. The predicted octanol–water partition coefficient (Wildman–Crippen LogP) is 4.65. The Morgan fingerprint density at radius 2 is 1.61 bits per heavy atom. The number of anilines is 1. The zero-order valence-electron chi connectivity index (χ0n) is 18.7. The number of imide groups is 1. The Bertz CT molecular complexity index is 1490. The van der Waals surface area contributed by atoms with Crippen molar-refractivity contribution in [2.75, 3.05) is 4.90 Å². The minimum Gasteiger partial charge on any atom is -0.358 e. The van der Waals surface area contributed by atoms with Gasteiger partial charge in [0.25, 0.3) is 5.69 Å². The number of halogens is 1. The first-order valence-electron chi connectivity index (χ1n) is 11.3. The molecule has 36 heavy (non-hydrogen) atoms. The first-order chi connectivity index (χ1) is 17.4. The van der Waals surface area contributed by atoms with E-state index < -0.39 is 40.7 Å². The Morgan fingerprint density at radius 3 is 2.36 bits per heavy atom. The van der Waals surface area contributed by atoms with Crippen LogP contribution in [0.4, 0.5) is 11.4 Å². The summed E-state index contributed by atoms with van der Waals surface area (Å²) in [7, 11) is 0.